The van der Waals surface area contributed by atoms with E-state index in [0.29, 0.717) is 19.8 Å². The summed E-state index contributed by atoms with van der Waals surface area (Å²) in [6.07, 6.45) is 3.06. The molecule has 0 aliphatic carbocycles. The van der Waals surface area contributed by atoms with Crippen molar-refractivity contribution in [2.24, 2.45) is 0 Å². The predicted octanol–water partition coefficient (Wildman–Crippen LogP) is 2.46. The van der Waals surface area contributed by atoms with Gasteiger partial charge in [-0.3, -0.25) is 4.90 Å². The zero-order valence-corrected chi connectivity index (χ0v) is 13.6. The lowest BCUT2D eigenvalue weighted by Gasteiger charge is -2.25. The van der Waals surface area contributed by atoms with E-state index in [1.807, 2.05) is 6.07 Å². The normalized spacial score (nSPS) is 19.7. The monoisotopic (exact) mass is 307 g/mol. The van der Waals surface area contributed by atoms with Gasteiger partial charge in [-0.2, -0.15) is 0 Å². The number of benzene rings is 1. The Morgan fingerprint density at radius 3 is 2.86 bits per heavy atom. The Balaban J connectivity index is 1.69. The summed E-state index contributed by atoms with van der Waals surface area (Å²) < 4.78 is 11.1. The van der Waals surface area contributed by atoms with E-state index in [9.17, 15) is 5.11 Å². The van der Waals surface area contributed by atoms with E-state index >= 15 is 0 Å². The number of ether oxygens (including phenoxy) is 2. The summed E-state index contributed by atoms with van der Waals surface area (Å²) >= 11 is 0. The van der Waals surface area contributed by atoms with Crippen molar-refractivity contribution in [1.29, 1.82) is 0 Å². The van der Waals surface area contributed by atoms with Crippen molar-refractivity contribution in [3.8, 4) is 0 Å². The molecule has 0 saturated carbocycles. The molecule has 2 unspecified atom stereocenters. The highest BCUT2D eigenvalue weighted by Gasteiger charge is 2.17. The molecule has 22 heavy (non-hydrogen) atoms. The lowest BCUT2D eigenvalue weighted by atomic mass is 10.2. The Hall–Kier alpha value is -0.940. The Bertz CT molecular complexity index is 393. The van der Waals surface area contributed by atoms with Crippen LogP contribution in [0.5, 0.6) is 0 Å². The first-order valence-electron chi connectivity index (χ1n) is 8.41. The van der Waals surface area contributed by atoms with Crippen LogP contribution in [0.15, 0.2) is 30.3 Å². The molecule has 0 aromatic heterocycles. The second-order valence-corrected chi connectivity index (χ2v) is 6.05. The van der Waals surface area contributed by atoms with Crippen molar-refractivity contribution in [1.82, 2.24) is 4.90 Å². The third kappa shape index (κ3) is 6.44. The van der Waals surface area contributed by atoms with Gasteiger partial charge in [0.15, 0.2) is 0 Å². The molecule has 1 N–H and O–H groups in total. The van der Waals surface area contributed by atoms with E-state index in [2.05, 4.69) is 36.1 Å². The summed E-state index contributed by atoms with van der Waals surface area (Å²) in [4.78, 5) is 2.29. The molecule has 0 radical (unpaired) electrons. The van der Waals surface area contributed by atoms with Gasteiger partial charge in [-0.1, -0.05) is 37.3 Å². The highest BCUT2D eigenvalue weighted by atomic mass is 16.5. The van der Waals surface area contributed by atoms with Crippen LogP contribution < -0.4 is 0 Å². The van der Waals surface area contributed by atoms with E-state index in [1.165, 1.54) is 5.56 Å². The summed E-state index contributed by atoms with van der Waals surface area (Å²) in [5, 5.41) is 10.2. The van der Waals surface area contributed by atoms with Gasteiger partial charge >= 0.3 is 0 Å². The Kier molecular flexibility index (Phi) is 7.88. The first kappa shape index (κ1) is 17.4. The summed E-state index contributed by atoms with van der Waals surface area (Å²) in [5.41, 5.74) is 1.28. The summed E-state index contributed by atoms with van der Waals surface area (Å²) in [6.45, 7) is 6.50. The first-order valence-corrected chi connectivity index (χ1v) is 8.41. The van der Waals surface area contributed by atoms with Crippen molar-refractivity contribution < 1.29 is 14.6 Å². The zero-order chi connectivity index (χ0) is 15.6. The second kappa shape index (κ2) is 9.95. The van der Waals surface area contributed by atoms with Crippen LogP contribution in [0.4, 0.5) is 0 Å². The lowest BCUT2D eigenvalue weighted by molar-refractivity contribution is -0.0257. The smallest absolute Gasteiger partial charge is 0.0900 e. The molecule has 0 bridgehead atoms. The van der Waals surface area contributed by atoms with Crippen LogP contribution in [0.2, 0.25) is 0 Å². The first-order chi connectivity index (χ1) is 10.8. The van der Waals surface area contributed by atoms with Gasteiger partial charge in [-0.15, -0.1) is 0 Å². The quantitative estimate of drug-likeness (QED) is 0.721. The van der Waals surface area contributed by atoms with Crippen LogP contribution in [-0.2, 0) is 16.0 Å². The van der Waals surface area contributed by atoms with Gasteiger partial charge in [0.05, 0.1) is 25.4 Å². The third-order valence-electron chi connectivity index (χ3n) is 3.90. The maximum atomic E-state index is 10.2. The number of rotatable bonds is 10. The van der Waals surface area contributed by atoms with E-state index in [-0.39, 0.29) is 6.10 Å². The van der Waals surface area contributed by atoms with Crippen LogP contribution in [0.3, 0.4) is 0 Å². The second-order valence-electron chi connectivity index (χ2n) is 6.05. The molecule has 1 aliphatic heterocycles. The van der Waals surface area contributed by atoms with E-state index < -0.39 is 6.10 Å². The molecular formula is C18H29NO3. The molecule has 4 heteroatoms. The largest absolute Gasteiger partial charge is 0.389 e. The molecule has 1 fully saturated rings. The zero-order valence-electron chi connectivity index (χ0n) is 13.6. The maximum Gasteiger partial charge on any atom is 0.0900 e. The molecule has 1 aliphatic rings. The molecule has 1 heterocycles. The molecular weight excluding hydrogens is 278 g/mol. The van der Waals surface area contributed by atoms with Gasteiger partial charge in [0.1, 0.15) is 0 Å². The summed E-state index contributed by atoms with van der Waals surface area (Å²) in [6, 6.07) is 10.4. The van der Waals surface area contributed by atoms with Crippen molar-refractivity contribution in [3.63, 3.8) is 0 Å². The fraction of sp³-hybridized carbons (Fsp3) is 0.667. The van der Waals surface area contributed by atoms with E-state index in [4.69, 9.17) is 9.47 Å². The number of nitrogens with zero attached hydrogens (tertiary/aromatic N) is 1. The average Bonchev–Trinajstić information content (AvgIpc) is 3.02. The van der Waals surface area contributed by atoms with Crippen LogP contribution in [0.1, 0.15) is 31.7 Å². The van der Waals surface area contributed by atoms with Crippen LogP contribution in [-0.4, -0.2) is 55.1 Å². The van der Waals surface area contributed by atoms with Crippen LogP contribution in [0, 0.1) is 0 Å². The predicted molar refractivity (Wildman–Crippen MR) is 87.8 cm³/mol. The minimum absolute atomic E-state index is 0.225. The number of aliphatic hydroxyl groups excluding tert-OH is 1. The minimum Gasteiger partial charge on any atom is -0.389 e. The van der Waals surface area contributed by atoms with E-state index in [1.54, 1.807) is 0 Å². The molecule has 2 atom stereocenters. The fourth-order valence-electron chi connectivity index (χ4n) is 2.85. The fourth-order valence-corrected chi connectivity index (χ4v) is 2.85. The van der Waals surface area contributed by atoms with Crippen LogP contribution in [0.25, 0.3) is 0 Å². The van der Waals surface area contributed by atoms with Gasteiger partial charge in [0.25, 0.3) is 0 Å². The molecule has 1 saturated heterocycles. The molecule has 0 spiro atoms. The van der Waals surface area contributed by atoms with Gasteiger partial charge < -0.3 is 14.6 Å². The highest BCUT2D eigenvalue weighted by molar-refractivity contribution is 5.14. The molecule has 0 amide bonds. The maximum absolute atomic E-state index is 10.2. The molecule has 124 valence electrons. The van der Waals surface area contributed by atoms with Crippen molar-refractivity contribution >= 4 is 0 Å². The Morgan fingerprint density at radius 2 is 2.18 bits per heavy atom. The van der Waals surface area contributed by atoms with Crippen molar-refractivity contribution in [2.45, 2.75) is 44.9 Å². The minimum atomic E-state index is -0.448. The molecule has 1 aromatic carbocycles. The summed E-state index contributed by atoms with van der Waals surface area (Å²) in [7, 11) is 0. The van der Waals surface area contributed by atoms with Crippen molar-refractivity contribution in [3.05, 3.63) is 35.9 Å². The SMILES string of the molecule is CCCN(Cc1ccccc1)CC(O)COCC1CCCO1. The number of hydrogen-bond donors (Lipinski definition) is 1. The van der Waals surface area contributed by atoms with Gasteiger partial charge in [-0.05, 0) is 31.4 Å². The summed E-state index contributed by atoms with van der Waals surface area (Å²) in [5.74, 6) is 0. The third-order valence-corrected chi connectivity index (χ3v) is 3.90. The topological polar surface area (TPSA) is 41.9 Å². The average molecular weight is 307 g/mol. The molecule has 2 rings (SSSR count). The number of aliphatic hydroxyl groups is 1. The highest BCUT2D eigenvalue weighted by Crippen LogP contribution is 2.12. The standard InChI is InChI=1S/C18H29NO3/c1-2-10-19(12-16-7-4-3-5-8-16)13-17(20)14-21-15-18-9-6-11-22-18/h3-5,7-8,17-18,20H,2,6,9-15H2,1H3. The van der Waals surface area contributed by atoms with Crippen molar-refractivity contribution in [2.75, 3.05) is 32.9 Å². The lowest BCUT2D eigenvalue weighted by Crippen LogP contribution is -2.35. The van der Waals surface area contributed by atoms with E-state index in [0.717, 1.165) is 39.0 Å². The Labute approximate surface area is 134 Å². The van der Waals surface area contributed by atoms with Crippen LogP contribution >= 0.6 is 0 Å². The van der Waals surface area contributed by atoms with Gasteiger partial charge in [0, 0.05) is 19.7 Å². The molecule has 4 nitrogen and oxygen atoms in total. The molecule has 1 aromatic rings. The number of hydrogen-bond acceptors (Lipinski definition) is 4. The van der Waals surface area contributed by atoms with Gasteiger partial charge in [0.2, 0.25) is 0 Å². The Morgan fingerprint density at radius 1 is 1.36 bits per heavy atom. The van der Waals surface area contributed by atoms with Gasteiger partial charge in [-0.25, -0.2) is 0 Å².